The third kappa shape index (κ3) is 4.78. The molecule has 140 valence electrons. The molecule has 0 spiro atoms. The van der Waals surface area contributed by atoms with Crippen LogP contribution < -0.4 is 5.32 Å². The molecule has 3 nitrogen and oxygen atoms in total. The first-order valence-electron chi connectivity index (χ1n) is 8.84. The molecule has 1 amide bonds. The van der Waals surface area contributed by atoms with Crippen LogP contribution in [0.4, 0.5) is 0 Å². The Balaban J connectivity index is 2.60. The summed E-state index contributed by atoms with van der Waals surface area (Å²) in [6.07, 6.45) is 0. The fraction of sp³-hybridized carbons (Fsp3) is 0.304. The van der Waals surface area contributed by atoms with Gasteiger partial charge in [-0.05, 0) is 44.0 Å². The van der Waals surface area contributed by atoms with E-state index in [0.717, 1.165) is 22.3 Å². The highest BCUT2D eigenvalue weighted by molar-refractivity contribution is 6.31. The first-order chi connectivity index (χ1) is 12.5. The molecule has 0 aliphatic heterocycles. The first kappa shape index (κ1) is 20.7. The van der Waals surface area contributed by atoms with E-state index >= 15 is 0 Å². The minimum atomic E-state index is -0.426. The van der Waals surface area contributed by atoms with Gasteiger partial charge >= 0.3 is 0 Å². The van der Waals surface area contributed by atoms with E-state index in [1.807, 2.05) is 53.7 Å². The van der Waals surface area contributed by atoms with Crippen LogP contribution in [-0.2, 0) is 0 Å². The molecule has 0 unspecified atom stereocenters. The van der Waals surface area contributed by atoms with Gasteiger partial charge in [0.15, 0.2) is 0 Å². The molecule has 0 saturated heterocycles. The maximum atomic E-state index is 12.9. The summed E-state index contributed by atoms with van der Waals surface area (Å²) in [4.78, 5) is 12.9. The summed E-state index contributed by atoms with van der Waals surface area (Å²) in [5.74, 6) is -0.267. The number of nitrogens with one attached hydrogen (secondary N) is 1. The number of rotatable bonds is 3. The van der Waals surface area contributed by atoms with E-state index in [1.54, 1.807) is 18.2 Å². The lowest BCUT2D eigenvalue weighted by molar-refractivity contribution is 0.0957. The minimum Gasteiger partial charge on any atom is -0.324 e. The summed E-state index contributed by atoms with van der Waals surface area (Å²) >= 11 is 6.16. The highest BCUT2D eigenvalue weighted by Gasteiger charge is 2.26. The third-order valence-electron chi connectivity index (χ3n) is 4.37. The summed E-state index contributed by atoms with van der Waals surface area (Å²) in [6.45, 7) is 11.7. The van der Waals surface area contributed by atoms with Gasteiger partial charge in [-0.15, -0.1) is 0 Å². The van der Waals surface area contributed by atoms with Crippen LogP contribution in [0.2, 0.25) is 5.02 Å². The van der Waals surface area contributed by atoms with Crippen LogP contribution in [0.3, 0.4) is 0 Å². The van der Waals surface area contributed by atoms with Crippen LogP contribution in [-0.4, -0.2) is 5.91 Å². The van der Waals surface area contributed by atoms with Crippen LogP contribution in [0.1, 0.15) is 53.4 Å². The van der Waals surface area contributed by atoms with Gasteiger partial charge in [-0.2, -0.15) is 5.26 Å². The monoisotopic (exact) mass is 380 g/mol. The Labute approximate surface area is 166 Å². The van der Waals surface area contributed by atoms with Crippen LogP contribution >= 0.6 is 11.6 Å². The molecule has 27 heavy (non-hydrogen) atoms. The first-order valence-corrected chi connectivity index (χ1v) is 9.22. The van der Waals surface area contributed by atoms with Gasteiger partial charge in [0.05, 0.1) is 5.57 Å². The van der Waals surface area contributed by atoms with Gasteiger partial charge in [0, 0.05) is 21.7 Å². The summed E-state index contributed by atoms with van der Waals surface area (Å²) in [7, 11) is 0. The van der Waals surface area contributed by atoms with E-state index in [9.17, 15) is 10.1 Å². The van der Waals surface area contributed by atoms with Crippen LogP contribution in [0.15, 0.2) is 42.1 Å². The van der Waals surface area contributed by atoms with E-state index in [0.29, 0.717) is 21.9 Å². The van der Waals surface area contributed by atoms with Crippen molar-refractivity contribution in [1.29, 1.82) is 5.26 Å². The molecular weight excluding hydrogens is 356 g/mol. The van der Waals surface area contributed by atoms with Crippen molar-refractivity contribution >= 4 is 23.1 Å². The molecule has 0 heterocycles. The normalized spacial score (nSPS) is 12.2. The van der Waals surface area contributed by atoms with Crippen LogP contribution in [0.5, 0.6) is 0 Å². The molecule has 0 radical (unpaired) electrons. The molecule has 0 fully saturated rings. The van der Waals surface area contributed by atoms with Gasteiger partial charge in [-0.1, -0.05) is 67.8 Å². The molecule has 0 bridgehead atoms. The van der Waals surface area contributed by atoms with Crippen molar-refractivity contribution < 1.29 is 4.79 Å². The van der Waals surface area contributed by atoms with Gasteiger partial charge in [0.1, 0.15) is 6.07 Å². The van der Waals surface area contributed by atoms with Crippen molar-refractivity contribution in [2.45, 2.75) is 41.5 Å². The smallest absolute Gasteiger partial charge is 0.255 e. The summed E-state index contributed by atoms with van der Waals surface area (Å²) < 4.78 is 0. The lowest BCUT2D eigenvalue weighted by Gasteiger charge is -2.26. The number of allylic oxidation sites excluding steroid dienone is 2. The van der Waals surface area contributed by atoms with Crippen LogP contribution in [0.25, 0.3) is 5.57 Å². The van der Waals surface area contributed by atoms with Crippen molar-refractivity contribution in [3.8, 4) is 6.07 Å². The average Bonchev–Trinajstić information content (AvgIpc) is 2.55. The predicted molar refractivity (Wildman–Crippen MR) is 112 cm³/mol. The Morgan fingerprint density at radius 1 is 1.07 bits per heavy atom. The topological polar surface area (TPSA) is 52.9 Å². The minimum absolute atomic E-state index is 0.267. The van der Waals surface area contributed by atoms with Gasteiger partial charge in [-0.25, -0.2) is 0 Å². The predicted octanol–water partition coefficient (Wildman–Crippen LogP) is 5.98. The Morgan fingerprint density at radius 3 is 2.19 bits per heavy atom. The number of halogens is 1. The Morgan fingerprint density at radius 2 is 1.67 bits per heavy atom. The standard InChI is InChI=1S/C23H25ClN2O/c1-14-10-15(2)12-17(11-14)19(13-25)21(23(4,5)6)26-22(27)18-8-7-9-20(24)16(18)3/h7-12H,1-6H3,(H,26,27)/b21-19-. The van der Waals surface area contributed by atoms with E-state index in [1.165, 1.54) is 0 Å². The molecular formula is C23H25ClN2O. The number of amides is 1. The van der Waals surface area contributed by atoms with Crippen molar-refractivity contribution in [3.63, 3.8) is 0 Å². The summed E-state index contributed by atoms with van der Waals surface area (Å²) in [6, 6.07) is 13.5. The molecule has 2 aromatic rings. The lowest BCUT2D eigenvalue weighted by atomic mass is 9.86. The maximum absolute atomic E-state index is 12.9. The fourth-order valence-electron chi connectivity index (χ4n) is 3.04. The van der Waals surface area contributed by atoms with E-state index in [2.05, 4.69) is 17.5 Å². The lowest BCUT2D eigenvalue weighted by Crippen LogP contribution is -2.31. The Hall–Kier alpha value is -2.57. The Kier molecular flexibility index (Phi) is 6.13. The van der Waals surface area contributed by atoms with Gasteiger partial charge in [0.25, 0.3) is 5.91 Å². The average molecular weight is 381 g/mol. The zero-order chi connectivity index (χ0) is 20.4. The van der Waals surface area contributed by atoms with Gasteiger partial charge in [-0.3, -0.25) is 4.79 Å². The number of nitrogens with zero attached hydrogens (tertiary/aromatic N) is 1. The van der Waals surface area contributed by atoms with Crippen molar-refractivity contribution in [2.24, 2.45) is 5.41 Å². The number of nitriles is 1. The molecule has 4 heteroatoms. The molecule has 0 saturated carbocycles. The second-order valence-corrected chi connectivity index (χ2v) is 8.26. The molecule has 0 atom stereocenters. The molecule has 0 aliphatic carbocycles. The van der Waals surface area contributed by atoms with E-state index < -0.39 is 5.41 Å². The largest absolute Gasteiger partial charge is 0.324 e. The third-order valence-corrected chi connectivity index (χ3v) is 4.78. The SMILES string of the molecule is Cc1cc(C)cc(/C(C#N)=C(\NC(=O)c2cccc(Cl)c2C)C(C)(C)C)c1. The van der Waals surface area contributed by atoms with E-state index in [4.69, 9.17) is 11.6 Å². The molecule has 2 aromatic carbocycles. The quantitative estimate of drug-likeness (QED) is 0.666. The fourth-order valence-corrected chi connectivity index (χ4v) is 3.22. The molecule has 1 N–H and O–H groups in total. The van der Waals surface area contributed by atoms with Crippen molar-refractivity contribution in [3.05, 3.63) is 74.9 Å². The van der Waals surface area contributed by atoms with Crippen LogP contribution in [0, 0.1) is 37.5 Å². The zero-order valence-corrected chi connectivity index (χ0v) is 17.5. The second kappa shape index (κ2) is 7.98. The number of aryl methyl sites for hydroxylation is 2. The van der Waals surface area contributed by atoms with Crippen molar-refractivity contribution in [1.82, 2.24) is 5.32 Å². The maximum Gasteiger partial charge on any atom is 0.255 e. The van der Waals surface area contributed by atoms with Gasteiger partial charge < -0.3 is 5.32 Å². The van der Waals surface area contributed by atoms with E-state index in [-0.39, 0.29) is 5.91 Å². The molecule has 2 rings (SSSR count). The number of benzene rings is 2. The number of carbonyl (C=O) groups is 1. The highest BCUT2D eigenvalue weighted by Crippen LogP contribution is 2.32. The second-order valence-electron chi connectivity index (χ2n) is 7.85. The number of hydrogen-bond acceptors (Lipinski definition) is 2. The number of carbonyl (C=O) groups excluding carboxylic acids is 1. The Bertz CT molecular complexity index is 939. The number of hydrogen-bond donors (Lipinski definition) is 1. The van der Waals surface area contributed by atoms with Gasteiger partial charge in [0.2, 0.25) is 0 Å². The molecule has 0 aliphatic rings. The van der Waals surface area contributed by atoms with Crippen molar-refractivity contribution in [2.75, 3.05) is 0 Å². The molecule has 0 aromatic heterocycles. The summed E-state index contributed by atoms with van der Waals surface area (Å²) in [5, 5.41) is 13.4. The zero-order valence-electron chi connectivity index (χ0n) is 16.7. The summed E-state index contributed by atoms with van der Waals surface area (Å²) in [5.41, 5.74) is 4.82. The highest BCUT2D eigenvalue weighted by atomic mass is 35.5.